The highest BCUT2D eigenvalue weighted by molar-refractivity contribution is 5.70. The van der Waals surface area contributed by atoms with E-state index < -0.39 is 11.3 Å². The second kappa shape index (κ2) is 11.9. The summed E-state index contributed by atoms with van der Waals surface area (Å²) in [7, 11) is 3.87. The van der Waals surface area contributed by atoms with Gasteiger partial charge in [0.2, 0.25) is 0 Å². The van der Waals surface area contributed by atoms with Crippen molar-refractivity contribution in [2.45, 2.75) is 108 Å². The van der Waals surface area contributed by atoms with Crippen LogP contribution in [0.5, 0.6) is 5.75 Å². The van der Waals surface area contributed by atoms with Gasteiger partial charge in [-0.15, -0.1) is 0 Å². The van der Waals surface area contributed by atoms with Crippen LogP contribution in [0.2, 0.25) is 0 Å². The van der Waals surface area contributed by atoms with Gasteiger partial charge in [0.15, 0.2) is 0 Å². The average molecular weight is 636 g/mol. The van der Waals surface area contributed by atoms with E-state index in [4.69, 9.17) is 14.2 Å². The predicted molar refractivity (Wildman–Crippen MR) is 177 cm³/mol. The summed E-state index contributed by atoms with van der Waals surface area (Å²) in [5.41, 5.74) is 5.58. The number of fused-ring (bicyclic) bond motifs is 3. The Morgan fingerprint density at radius 3 is 2.54 bits per heavy atom. The zero-order valence-corrected chi connectivity index (χ0v) is 28.3. The Morgan fingerprint density at radius 1 is 1.11 bits per heavy atom. The average Bonchev–Trinajstić information content (AvgIpc) is 3.62. The normalized spacial score (nSPS) is 26.3. The van der Waals surface area contributed by atoms with Crippen LogP contribution < -0.4 is 15.1 Å². The summed E-state index contributed by atoms with van der Waals surface area (Å²) in [6.45, 7) is 11.1. The fourth-order valence-electron chi connectivity index (χ4n) is 7.74. The zero-order chi connectivity index (χ0) is 32.4. The standard InChI is InChI=1S/C36H50FN5O4/c1-23-17-28-26(12-13-30-29(28)21-39(5)42(30)32-9-7-8-16-45-32)33(41(23)22-36(37)14-15-36)27-11-10-24(18-31(27)44-6)38-25-19-40(20-25)34(43)46-35(2,3)4/h10-13,18,23,25,32-33,38H,7-9,14-17,19-22H2,1-6H3/t23-,32?,33+/m1/s1. The molecule has 2 saturated heterocycles. The maximum absolute atomic E-state index is 15.5. The van der Waals surface area contributed by atoms with Crippen LogP contribution in [-0.2, 0) is 22.4 Å². The van der Waals surface area contributed by atoms with Gasteiger partial charge < -0.3 is 24.4 Å². The van der Waals surface area contributed by atoms with Gasteiger partial charge in [0, 0.05) is 63.2 Å². The van der Waals surface area contributed by atoms with E-state index in [2.05, 4.69) is 58.5 Å². The molecule has 46 heavy (non-hydrogen) atoms. The molecule has 5 aliphatic rings. The van der Waals surface area contributed by atoms with Crippen LogP contribution in [0.4, 0.5) is 20.6 Å². The molecule has 1 amide bonds. The number of nitrogens with one attached hydrogen (secondary N) is 1. The SMILES string of the molecule is COc1cc(NC2CN(C(=O)OC(C)(C)C)C2)ccc1[C@@H]1c2ccc3c(c2C[C@@H](C)N1CC1(F)CC1)CN(C)N3C1CCCCO1. The second-order valence-corrected chi connectivity index (χ2v) is 15.1. The Balaban J connectivity index is 1.18. The summed E-state index contributed by atoms with van der Waals surface area (Å²) in [4.78, 5) is 16.5. The summed E-state index contributed by atoms with van der Waals surface area (Å²) in [6, 6.07) is 11.0. The van der Waals surface area contributed by atoms with E-state index in [-0.39, 0.29) is 30.4 Å². The summed E-state index contributed by atoms with van der Waals surface area (Å²) >= 11 is 0. The summed E-state index contributed by atoms with van der Waals surface area (Å²) in [5, 5.41) is 8.23. The fourth-order valence-corrected chi connectivity index (χ4v) is 7.74. The van der Waals surface area contributed by atoms with Crippen molar-refractivity contribution in [2.24, 2.45) is 0 Å². The largest absolute Gasteiger partial charge is 0.496 e. The first-order chi connectivity index (χ1) is 21.9. The molecule has 1 saturated carbocycles. The number of benzene rings is 2. The highest BCUT2D eigenvalue weighted by Crippen LogP contribution is 2.50. The smallest absolute Gasteiger partial charge is 0.410 e. The molecule has 3 fully saturated rings. The van der Waals surface area contributed by atoms with Gasteiger partial charge in [-0.3, -0.25) is 9.91 Å². The molecule has 0 spiro atoms. The number of rotatable bonds is 7. The van der Waals surface area contributed by atoms with Gasteiger partial charge in [0.05, 0.1) is 24.9 Å². The highest BCUT2D eigenvalue weighted by Gasteiger charge is 2.49. The van der Waals surface area contributed by atoms with Crippen LogP contribution in [0.25, 0.3) is 0 Å². The molecular weight excluding hydrogens is 585 g/mol. The van der Waals surface area contributed by atoms with Crippen LogP contribution in [0.1, 0.15) is 88.1 Å². The van der Waals surface area contributed by atoms with E-state index in [9.17, 15) is 4.79 Å². The quantitative estimate of drug-likeness (QED) is 0.383. The van der Waals surface area contributed by atoms with Gasteiger partial charge in [-0.2, -0.15) is 0 Å². The van der Waals surface area contributed by atoms with E-state index >= 15 is 4.39 Å². The number of hydrogen-bond acceptors (Lipinski definition) is 8. The van der Waals surface area contributed by atoms with Crippen molar-refractivity contribution in [3.8, 4) is 5.75 Å². The molecule has 1 N–H and O–H groups in total. The lowest BCUT2D eigenvalue weighted by atomic mass is 9.81. The molecule has 2 aromatic rings. The van der Waals surface area contributed by atoms with Gasteiger partial charge in [-0.05, 0) is 95.0 Å². The monoisotopic (exact) mass is 635 g/mol. The maximum Gasteiger partial charge on any atom is 0.410 e. The number of carbonyl (C=O) groups is 1. The van der Waals surface area contributed by atoms with Crippen LogP contribution in [0.3, 0.4) is 0 Å². The van der Waals surface area contributed by atoms with Gasteiger partial charge in [-0.25, -0.2) is 14.2 Å². The Labute approximate surface area is 272 Å². The van der Waals surface area contributed by atoms with Crippen LogP contribution in [0, 0.1) is 0 Å². The highest BCUT2D eigenvalue weighted by atomic mass is 19.1. The molecule has 250 valence electrons. The Morgan fingerprint density at radius 2 is 1.87 bits per heavy atom. The molecule has 0 bridgehead atoms. The Hall–Kier alpha value is -3.08. The van der Waals surface area contributed by atoms with Crippen molar-refractivity contribution in [1.29, 1.82) is 0 Å². The van der Waals surface area contributed by atoms with Crippen LogP contribution in [-0.4, -0.2) is 90.9 Å². The first-order valence-corrected chi connectivity index (χ1v) is 17.1. The van der Waals surface area contributed by atoms with Crippen molar-refractivity contribution in [3.63, 3.8) is 0 Å². The number of likely N-dealkylation sites (tertiary alicyclic amines) is 1. The topological polar surface area (TPSA) is 69.8 Å². The second-order valence-electron chi connectivity index (χ2n) is 15.1. The molecule has 4 aliphatic heterocycles. The first kappa shape index (κ1) is 31.5. The number of ether oxygens (including phenoxy) is 3. The van der Waals surface area contributed by atoms with Crippen molar-refractivity contribution >= 4 is 17.5 Å². The van der Waals surface area contributed by atoms with Gasteiger partial charge in [0.1, 0.15) is 23.2 Å². The number of hydrazine groups is 1. The van der Waals surface area contributed by atoms with Gasteiger partial charge in [0.25, 0.3) is 0 Å². The van der Waals surface area contributed by atoms with Crippen LogP contribution in [0.15, 0.2) is 30.3 Å². The minimum atomic E-state index is -1.12. The molecule has 7 rings (SSSR count). The molecule has 1 unspecified atom stereocenters. The lowest BCUT2D eigenvalue weighted by Crippen LogP contribution is -2.57. The van der Waals surface area contributed by atoms with E-state index in [1.54, 1.807) is 12.0 Å². The Bertz CT molecular complexity index is 1460. The third-order valence-corrected chi connectivity index (χ3v) is 10.3. The molecule has 0 radical (unpaired) electrons. The molecule has 3 atom stereocenters. The number of hydrogen-bond donors (Lipinski definition) is 1. The fraction of sp³-hybridized carbons (Fsp3) is 0.639. The summed E-state index contributed by atoms with van der Waals surface area (Å²) < 4.78 is 33.3. The minimum Gasteiger partial charge on any atom is -0.496 e. The molecule has 2 aromatic carbocycles. The number of alkyl halides is 1. The number of halogens is 1. The van der Waals surface area contributed by atoms with Crippen molar-refractivity contribution < 1.29 is 23.4 Å². The van der Waals surface area contributed by atoms with Gasteiger partial charge >= 0.3 is 6.09 Å². The van der Waals surface area contributed by atoms with E-state index in [0.717, 1.165) is 49.4 Å². The van der Waals surface area contributed by atoms with E-state index in [1.807, 2.05) is 26.8 Å². The van der Waals surface area contributed by atoms with Crippen molar-refractivity contribution in [2.75, 3.05) is 50.7 Å². The summed E-state index contributed by atoms with van der Waals surface area (Å²) in [5.74, 6) is 0.780. The number of methoxy groups -OCH3 is 1. The third kappa shape index (κ3) is 6.04. The molecular formula is C36H50FN5O4. The molecule has 0 aromatic heterocycles. The van der Waals surface area contributed by atoms with E-state index in [0.29, 0.717) is 32.5 Å². The Kier molecular flexibility index (Phi) is 8.13. The predicted octanol–water partition coefficient (Wildman–Crippen LogP) is 6.26. The zero-order valence-electron chi connectivity index (χ0n) is 28.3. The number of carbonyl (C=O) groups excluding carboxylic acids is 1. The molecule has 4 heterocycles. The first-order valence-electron chi connectivity index (χ1n) is 17.1. The number of anilines is 2. The molecule has 10 heteroatoms. The lowest BCUT2D eigenvalue weighted by molar-refractivity contribution is -0.0118. The number of amides is 1. The van der Waals surface area contributed by atoms with Gasteiger partial charge in [-0.1, -0.05) is 12.1 Å². The third-order valence-electron chi connectivity index (χ3n) is 10.3. The number of nitrogens with zero attached hydrogens (tertiary/aromatic N) is 4. The maximum atomic E-state index is 15.5. The molecule has 9 nitrogen and oxygen atoms in total. The summed E-state index contributed by atoms with van der Waals surface area (Å²) in [6.07, 6.45) is 5.27. The van der Waals surface area contributed by atoms with Crippen molar-refractivity contribution in [1.82, 2.24) is 14.8 Å². The minimum absolute atomic E-state index is 0.0691. The van der Waals surface area contributed by atoms with Crippen molar-refractivity contribution in [3.05, 3.63) is 52.6 Å². The molecule has 1 aliphatic carbocycles. The van der Waals surface area contributed by atoms with Crippen LogP contribution >= 0.6 is 0 Å². The van der Waals surface area contributed by atoms with E-state index in [1.165, 1.54) is 28.8 Å². The lowest BCUT2D eigenvalue weighted by Gasteiger charge is -2.44.